The Balaban J connectivity index is 1.92. The van der Waals surface area contributed by atoms with Crippen LogP contribution in [0.2, 0.25) is 0 Å². The Labute approximate surface area is 188 Å². The molecule has 0 saturated heterocycles. The van der Waals surface area contributed by atoms with E-state index in [0.29, 0.717) is 5.56 Å². The Morgan fingerprint density at radius 1 is 1.06 bits per heavy atom. The normalized spacial score (nSPS) is 13.3. The van der Waals surface area contributed by atoms with Crippen molar-refractivity contribution in [2.75, 3.05) is 0 Å². The van der Waals surface area contributed by atoms with Crippen LogP contribution < -0.4 is 16.4 Å². The van der Waals surface area contributed by atoms with Crippen molar-refractivity contribution in [2.45, 2.75) is 38.7 Å². The number of hydrogen-bond donors (Lipinski definition) is 3. The van der Waals surface area contributed by atoms with Crippen molar-refractivity contribution in [3.63, 3.8) is 0 Å². The molecule has 3 aromatic rings. The first-order valence-electron chi connectivity index (χ1n) is 10.2. The van der Waals surface area contributed by atoms with Gasteiger partial charge in [0.2, 0.25) is 5.91 Å². The fourth-order valence-corrected chi connectivity index (χ4v) is 3.12. The van der Waals surface area contributed by atoms with E-state index >= 15 is 0 Å². The molecular weight excluding hydrogens is 435 g/mol. The SMILES string of the molecule is C[C@H](N)C(=O)NCc1cccc(-n2nc(C(F)(F)F)cc2C(=O)N[C@@H](C)c2ccccc2)c1. The largest absolute Gasteiger partial charge is 0.435 e. The highest BCUT2D eigenvalue weighted by Crippen LogP contribution is 2.30. The molecule has 1 aromatic heterocycles. The maximum atomic E-state index is 13.4. The van der Waals surface area contributed by atoms with E-state index in [1.165, 1.54) is 13.0 Å². The Morgan fingerprint density at radius 2 is 1.76 bits per heavy atom. The molecule has 2 atom stereocenters. The summed E-state index contributed by atoms with van der Waals surface area (Å²) in [5.74, 6) is -1.07. The van der Waals surface area contributed by atoms with E-state index in [1.807, 2.05) is 18.2 Å². The third-order valence-electron chi connectivity index (χ3n) is 4.92. The molecule has 0 radical (unpaired) electrons. The van der Waals surface area contributed by atoms with Gasteiger partial charge in [0.25, 0.3) is 5.91 Å². The lowest BCUT2D eigenvalue weighted by atomic mass is 10.1. The van der Waals surface area contributed by atoms with E-state index in [1.54, 1.807) is 37.3 Å². The van der Waals surface area contributed by atoms with Crippen molar-refractivity contribution in [3.05, 3.63) is 83.2 Å². The van der Waals surface area contributed by atoms with E-state index in [4.69, 9.17) is 5.73 Å². The molecule has 7 nitrogen and oxygen atoms in total. The van der Waals surface area contributed by atoms with Crippen molar-refractivity contribution < 1.29 is 22.8 Å². The fourth-order valence-electron chi connectivity index (χ4n) is 3.12. The average molecular weight is 459 g/mol. The van der Waals surface area contributed by atoms with Crippen LogP contribution in [0.4, 0.5) is 13.2 Å². The van der Waals surface area contributed by atoms with Crippen LogP contribution in [-0.2, 0) is 17.5 Å². The number of carbonyl (C=O) groups is 2. The topological polar surface area (TPSA) is 102 Å². The molecule has 10 heteroatoms. The van der Waals surface area contributed by atoms with Crippen molar-refractivity contribution >= 4 is 11.8 Å². The van der Waals surface area contributed by atoms with Gasteiger partial charge in [-0.2, -0.15) is 18.3 Å². The molecule has 0 fully saturated rings. The molecule has 0 bridgehead atoms. The van der Waals surface area contributed by atoms with Crippen LogP contribution in [0.25, 0.3) is 5.69 Å². The standard InChI is InChI=1S/C23H24F3N5O2/c1-14(27)21(32)28-13-16-7-6-10-18(11-16)31-19(12-20(30-31)23(24,25)26)22(33)29-15(2)17-8-4-3-5-9-17/h3-12,14-15H,13,27H2,1-2H3,(H,28,32)(H,29,33)/t14-,15-/m0/s1. The molecule has 0 aliphatic carbocycles. The predicted molar refractivity (Wildman–Crippen MR) is 116 cm³/mol. The van der Waals surface area contributed by atoms with Crippen LogP contribution in [0, 0.1) is 0 Å². The van der Waals surface area contributed by atoms with Crippen LogP contribution >= 0.6 is 0 Å². The average Bonchev–Trinajstić information content (AvgIpc) is 3.24. The summed E-state index contributed by atoms with van der Waals surface area (Å²) in [5.41, 5.74) is 5.73. The maximum absolute atomic E-state index is 13.4. The van der Waals surface area contributed by atoms with Crippen LogP contribution in [0.15, 0.2) is 60.7 Å². The highest BCUT2D eigenvalue weighted by atomic mass is 19.4. The number of halogens is 3. The van der Waals surface area contributed by atoms with Gasteiger partial charge >= 0.3 is 6.18 Å². The van der Waals surface area contributed by atoms with E-state index in [2.05, 4.69) is 15.7 Å². The minimum absolute atomic E-state index is 0.119. The molecule has 174 valence electrons. The molecule has 0 spiro atoms. The van der Waals surface area contributed by atoms with Crippen LogP contribution in [-0.4, -0.2) is 27.6 Å². The smallest absolute Gasteiger partial charge is 0.351 e. The molecule has 2 amide bonds. The quantitative estimate of drug-likeness (QED) is 0.504. The van der Waals surface area contributed by atoms with Gasteiger partial charge in [0.05, 0.1) is 17.8 Å². The first-order valence-corrected chi connectivity index (χ1v) is 10.2. The van der Waals surface area contributed by atoms with Crippen molar-refractivity contribution in [1.29, 1.82) is 0 Å². The van der Waals surface area contributed by atoms with Gasteiger partial charge in [-0.25, -0.2) is 4.68 Å². The summed E-state index contributed by atoms with van der Waals surface area (Å²) < 4.78 is 41.1. The van der Waals surface area contributed by atoms with Crippen LogP contribution in [0.3, 0.4) is 0 Å². The van der Waals surface area contributed by atoms with Gasteiger partial charge in [0.15, 0.2) is 5.69 Å². The van der Waals surface area contributed by atoms with Crippen molar-refractivity contribution in [3.8, 4) is 5.69 Å². The summed E-state index contributed by atoms with van der Waals surface area (Å²) in [5, 5.41) is 8.99. The zero-order valence-electron chi connectivity index (χ0n) is 18.1. The van der Waals surface area contributed by atoms with E-state index in [-0.39, 0.29) is 23.8 Å². The predicted octanol–water partition coefficient (Wildman–Crippen LogP) is 3.35. The lowest BCUT2D eigenvalue weighted by molar-refractivity contribution is -0.141. The molecule has 3 rings (SSSR count). The number of nitrogens with zero attached hydrogens (tertiary/aromatic N) is 2. The molecule has 2 aromatic carbocycles. The van der Waals surface area contributed by atoms with Gasteiger partial charge in [-0.3, -0.25) is 9.59 Å². The summed E-state index contributed by atoms with van der Waals surface area (Å²) in [6.45, 7) is 3.39. The second-order valence-electron chi connectivity index (χ2n) is 7.61. The van der Waals surface area contributed by atoms with Gasteiger partial charge in [-0.15, -0.1) is 0 Å². The summed E-state index contributed by atoms with van der Waals surface area (Å²) in [7, 11) is 0. The number of amides is 2. The van der Waals surface area contributed by atoms with Gasteiger partial charge in [0.1, 0.15) is 5.69 Å². The monoisotopic (exact) mass is 459 g/mol. The molecular formula is C23H24F3N5O2. The Morgan fingerprint density at radius 3 is 2.39 bits per heavy atom. The maximum Gasteiger partial charge on any atom is 0.435 e. The van der Waals surface area contributed by atoms with Crippen LogP contribution in [0.1, 0.15) is 47.2 Å². The minimum Gasteiger partial charge on any atom is -0.351 e. The second kappa shape index (κ2) is 9.86. The first kappa shape index (κ1) is 24.0. The summed E-state index contributed by atoms with van der Waals surface area (Å²) in [4.78, 5) is 24.6. The highest BCUT2D eigenvalue weighted by Gasteiger charge is 2.36. The van der Waals surface area contributed by atoms with Crippen LogP contribution in [0.5, 0.6) is 0 Å². The Bertz CT molecular complexity index is 1130. The third-order valence-corrected chi connectivity index (χ3v) is 4.92. The highest BCUT2D eigenvalue weighted by molar-refractivity contribution is 5.93. The summed E-state index contributed by atoms with van der Waals surface area (Å²) in [6.07, 6.45) is -4.73. The lowest BCUT2D eigenvalue weighted by Gasteiger charge is -2.15. The van der Waals surface area contributed by atoms with Gasteiger partial charge in [-0.05, 0) is 37.1 Å². The molecule has 4 N–H and O–H groups in total. The molecule has 0 aliphatic heterocycles. The van der Waals surface area contributed by atoms with Crippen molar-refractivity contribution in [1.82, 2.24) is 20.4 Å². The second-order valence-corrected chi connectivity index (χ2v) is 7.61. The van der Waals surface area contributed by atoms with E-state index < -0.39 is 29.9 Å². The third kappa shape index (κ3) is 5.98. The summed E-state index contributed by atoms with van der Waals surface area (Å²) in [6, 6.07) is 15.0. The zero-order valence-corrected chi connectivity index (χ0v) is 18.1. The van der Waals surface area contributed by atoms with E-state index in [9.17, 15) is 22.8 Å². The lowest BCUT2D eigenvalue weighted by Crippen LogP contribution is -2.37. The Hall–Kier alpha value is -3.66. The number of aromatic nitrogens is 2. The number of benzene rings is 2. The number of rotatable bonds is 7. The van der Waals surface area contributed by atoms with Gasteiger partial charge in [0, 0.05) is 12.6 Å². The Kier molecular flexibility index (Phi) is 7.17. The number of hydrogen-bond acceptors (Lipinski definition) is 4. The number of alkyl halides is 3. The minimum atomic E-state index is -4.73. The van der Waals surface area contributed by atoms with Gasteiger partial charge < -0.3 is 16.4 Å². The number of nitrogens with one attached hydrogen (secondary N) is 2. The zero-order chi connectivity index (χ0) is 24.2. The summed E-state index contributed by atoms with van der Waals surface area (Å²) >= 11 is 0. The molecule has 0 saturated carbocycles. The molecule has 0 unspecified atom stereocenters. The number of carbonyl (C=O) groups excluding carboxylic acids is 2. The van der Waals surface area contributed by atoms with E-state index in [0.717, 1.165) is 16.3 Å². The van der Waals surface area contributed by atoms with Gasteiger partial charge in [-0.1, -0.05) is 42.5 Å². The molecule has 0 aliphatic rings. The molecule has 33 heavy (non-hydrogen) atoms. The number of nitrogens with two attached hydrogens (primary N) is 1. The fraction of sp³-hybridized carbons (Fsp3) is 0.261. The first-order chi connectivity index (χ1) is 15.6. The van der Waals surface area contributed by atoms with Crippen molar-refractivity contribution in [2.24, 2.45) is 5.73 Å². The molecule has 1 heterocycles.